The molecule has 1 rings (SSSR count). The van der Waals surface area contributed by atoms with Gasteiger partial charge < -0.3 is 5.11 Å². The predicted octanol–water partition coefficient (Wildman–Crippen LogP) is 3.29. The quantitative estimate of drug-likeness (QED) is 0.881. The van der Waals surface area contributed by atoms with E-state index in [-0.39, 0.29) is 11.9 Å². The molecule has 0 heterocycles. The smallest absolute Gasteiger partial charge is 0.137 e. The molecule has 14 heavy (non-hydrogen) atoms. The number of benzene rings is 1. The molecule has 0 saturated carbocycles. The van der Waals surface area contributed by atoms with Gasteiger partial charge in [-0.15, -0.1) is 0 Å². The minimum absolute atomic E-state index is 0.265. The Morgan fingerprint density at radius 3 is 2.79 bits per heavy atom. The topological polar surface area (TPSA) is 20.2 Å². The van der Waals surface area contributed by atoms with Gasteiger partial charge in [0.2, 0.25) is 0 Å². The summed E-state index contributed by atoms with van der Waals surface area (Å²) < 4.78 is 13.3. The lowest BCUT2D eigenvalue weighted by Gasteiger charge is -2.09. The van der Waals surface area contributed by atoms with E-state index in [2.05, 4.69) is 15.9 Å². The first kappa shape index (κ1) is 11.7. The lowest BCUT2D eigenvalue weighted by Crippen LogP contribution is -2.09. The van der Waals surface area contributed by atoms with E-state index in [4.69, 9.17) is 0 Å². The summed E-state index contributed by atoms with van der Waals surface area (Å²) in [5, 5.41) is 9.55. The third kappa shape index (κ3) is 3.39. The molecule has 0 aliphatic rings. The van der Waals surface area contributed by atoms with Crippen LogP contribution in [0.15, 0.2) is 22.7 Å². The van der Waals surface area contributed by atoms with E-state index in [1.165, 1.54) is 6.07 Å². The summed E-state index contributed by atoms with van der Waals surface area (Å²) in [7, 11) is 0. The highest BCUT2D eigenvalue weighted by molar-refractivity contribution is 9.10. The third-order valence-corrected chi connectivity index (χ3v) is 2.68. The zero-order chi connectivity index (χ0) is 10.6. The molecule has 3 heteroatoms. The molecular formula is C11H14BrFO. The maximum Gasteiger partial charge on any atom is 0.137 e. The fourth-order valence-corrected chi connectivity index (χ4v) is 1.80. The van der Waals surface area contributed by atoms with Crippen molar-refractivity contribution in [3.8, 4) is 0 Å². The van der Waals surface area contributed by atoms with E-state index >= 15 is 0 Å². The normalized spacial score (nSPS) is 12.9. The number of halogens is 2. The third-order valence-electron chi connectivity index (χ3n) is 2.08. The average Bonchev–Trinajstić information content (AvgIpc) is 2.12. The van der Waals surface area contributed by atoms with Gasteiger partial charge >= 0.3 is 0 Å². The van der Waals surface area contributed by atoms with Crippen molar-refractivity contribution in [1.29, 1.82) is 0 Å². The molecule has 1 N–H and O–H groups in total. The van der Waals surface area contributed by atoms with Crippen LogP contribution in [0.25, 0.3) is 0 Å². The number of hydrogen-bond donors (Lipinski definition) is 1. The molecule has 78 valence electrons. The second-order valence-corrected chi connectivity index (χ2v) is 4.25. The van der Waals surface area contributed by atoms with Gasteiger partial charge in [-0.05, 0) is 46.5 Å². The van der Waals surface area contributed by atoms with Gasteiger partial charge in [0.15, 0.2) is 0 Å². The number of aliphatic hydroxyl groups excluding tert-OH is 1. The van der Waals surface area contributed by atoms with Crippen molar-refractivity contribution in [3.63, 3.8) is 0 Å². The summed E-state index contributed by atoms with van der Waals surface area (Å²) in [5.41, 5.74) is 0.958. The summed E-state index contributed by atoms with van der Waals surface area (Å²) in [6.07, 6.45) is 2.02. The van der Waals surface area contributed by atoms with E-state index in [0.717, 1.165) is 18.4 Å². The lowest BCUT2D eigenvalue weighted by molar-refractivity contribution is 0.164. The van der Waals surface area contributed by atoms with Gasteiger partial charge in [0.05, 0.1) is 10.6 Å². The molecule has 0 bridgehead atoms. The zero-order valence-electron chi connectivity index (χ0n) is 8.13. The van der Waals surface area contributed by atoms with E-state index in [9.17, 15) is 9.50 Å². The minimum Gasteiger partial charge on any atom is -0.393 e. The fraction of sp³-hybridized carbons (Fsp3) is 0.455. The van der Waals surface area contributed by atoms with Crippen LogP contribution in [0.3, 0.4) is 0 Å². The standard InChI is InChI=1S/C11H14BrFO/c1-2-3-9(14)6-8-4-5-11(13)10(12)7-8/h4-5,7,9,14H,2-3,6H2,1H3. The van der Waals surface area contributed by atoms with Gasteiger partial charge in [-0.2, -0.15) is 0 Å². The summed E-state index contributed by atoms with van der Waals surface area (Å²) in [5.74, 6) is -0.265. The molecular weight excluding hydrogens is 247 g/mol. The fourth-order valence-electron chi connectivity index (χ4n) is 1.37. The van der Waals surface area contributed by atoms with Crippen LogP contribution in [0.2, 0.25) is 0 Å². The Morgan fingerprint density at radius 1 is 1.50 bits per heavy atom. The van der Waals surface area contributed by atoms with Gasteiger partial charge in [0.25, 0.3) is 0 Å². The van der Waals surface area contributed by atoms with E-state index in [1.54, 1.807) is 12.1 Å². The van der Waals surface area contributed by atoms with Crippen molar-refractivity contribution < 1.29 is 9.50 Å². The highest BCUT2D eigenvalue weighted by atomic mass is 79.9. The maximum absolute atomic E-state index is 12.9. The van der Waals surface area contributed by atoms with Crippen molar-refractivity contribution in [3.05, 3.63) is 34.1 Å². The van der Waals surface area contributed by atoms with Crippen molar-refractivity contribution in [2.75, 3.05) is 0 Å². The second kappa shape index (κ2) is 5.47. The second-order valence-electron chi connectivity index (χ2n) is 3.40. The molecule has 0 aliphatic heterocycles. The largest absolute Gasteiger partial charge is 0.393 e. The Hall–Kier alpha value is -0.410. The van der Waals surface area contributed by atoms with Gasteiger partial charge in [-0.1, -0.05) is 19.4 Å². The van der Waals surface area contributed by atoms with Crippen molar-refractivity contribution in [2.45, 2.75) is 32.3 Å². The number of aliphatic hydroxyl groups is 1. The molecule has 0 spiro atoms. The Bertz CT molecular complexity index is 301. The summed E-state index contributed by atoms with van der Waals surface area (Å²) in [6, 6.07) is 4.84. The molecule has 1 aromatic rings. The molecule has 1 atom stereocenters. The van der Waals surface area contributed by atoms with Crippen LogP contribution in [0.5, 0.6) is 0 Å². The predicted molar refractivity (Wildman–Crippen MR) is 58.7 cm³/mol. The van der Waals surface area contributed by atoms with Crippen LogP contribution in [0, 0.1) is 5.82 Å². The number of hydrogen-bond acceptors (Lipinski definition) is 1. The van der Waals surface area contributed by atoms with Crippen molar-refractivity contribution in [2.24, 2.45) is 0 Å². The van der Waals surface area contributed by atoms with Crippen LogP contribution in [-0.4, -0.2) is 11.2 Å². The van der Waals surface area contributed by atoms with Crippen molar-refractivity contribution in [1.82, 2.24) is 0 Å². The first-order chi connectivity index (χ1) is 6.63. The van der Waals surface area contributed by atoms with E-state index in [1.807, 2.05) is 6.92 Å². The van der Waals surface area contributed by atoms with E-state index < -0.39 is 0 Å². The van der Waals surface area contributed by atoms with Gasteiger partial charge in [0, 0.05) is 0 Å². The monoisotopic (exact) mass is 260 g/mol. The zero-order valence-corrected chi connectivity index (χ0v) is 9.72. The van der Waals surface area contributed by atoms with Crippen LogP contribution < -0.4 is 0 Å². The lowest BCUT2D eigenvalue weighted by atomic mass is 10.0. The van der Waals surface area contributed by atoms with Gasteiger partial charge in [0.1, 0.15) is 5.82 Å². The number of rotatable bonds is 4. The van der Waals surface area contributed by atoms with Gasteiger partial charge in [-0.3, -0.25) is 0 Å². The first-order valence-electron chi connectivity index (χ1n) is 4.75. The van der Waals surface area contributed by atoms with Crippen molar-refractivity contribution >= 4 is 15.9 Å². The van der Waals surface area contributed by atoms with E-state index in [0.29, 0.717) is 10.9 Å². The molecule has 1 unspecified atom stereocenters. The molecule has 0 amide bonds. The molecule has 0 saturated heterocycles. The van der Waals surface area contributed by atoms with Crippen LogP contribution in [0.1, 0.15) is 25.3 Å². The Labute approximate surface area is 92.1 Å². The van der Waals surface area contributed by atoms with Crippen LogP contribution >= 0.6 is 15.9 Å². The Kier molecular flexibility index (Phi) is 4.55. The Morgan fingerprint density at radius 2 is 2.21 bits per heavy atom. The molecule has 0 fully saturated rings. The molecule has 0 aromatic heterocycles. The van der Waals surface area contributed by atoms with Gasteiger partial charge in [-0.25, -0.2) is 4.39 Å². The summed E-state index contributed by atoms with van der Waals surface area (Å²) >= 11 is 3.12. The molecule has 0 radical (unpaired) electrons. The maximum atomic E-state index is 12.9. The molecule has 0 aliphatic carbocycles. The molecule has 1 aromatic carbocycles. The van der Waals surface area contributed by atoms with Crippen LogP contribution in [0.4, 0.5) is 4.39 Å². The summed E-state index contributed by atoms with van der Waals surface area (Å²) in [6.45, 7) is 2.03. The first-order valence-corrected chi connectivity index (χ1v) is 5.54. The Balaban J connectivity index is 2.63. The summed E-state index contributed by atoms with van der Waals surface area (Å²) in [4.78, 5) is 0. The highest BCUT2D eigenvalue weighted by Gasteiger charge is 2.06. The SMILES string of the molecule is CCCC(O)Cc1ccc(F)c(Br)c1. The highest BCUT2D eigenvalue weighted by Crippen LogP contribution is 2.18. The average molecular weight is 261 g/mol. The van der Waals surface area contributed by atoms with Crippen LogP contribution in [-0.2, 0) is 6.42 Å². The molecule has 1 nitrogen and oxygen atoms in total. The minimum atomic E-state index is -0.322.